The Labute approximate surface area is 194 Å². The van der Waals surface area contributed by atoms with Gasteiger partial charge in [0, 0.05) is 30.4 Å². The van der Waals surface area contributed by atoms with Crippen molar-refractivity contribution >= 4 is 16.8 Å². The van der Waals surface area contributed by atoms with E-state index in [4.69, 9.17) is 0 Å². The van der Waals surface area contributed by atoms with Crippen LogP contribution in [0.4, 0.5) is 4.39 Å². The first-order valence-corrected chi connectivity index (χ1v) is 11.3. The molecular formula is C28H30FN3O. The van der Waals surface area contributed by atoms with E-state index in [0.29, 0.717) is 25.2 Å². The van der Waals surface area contributed by atoms with Crippen molar-refractivity contribution in [2.24, 2.45) is 0 Å². The topological polar surface area (TPSA) is 49.0 Å². The zero-order valence-electron chi connectivity index (χ0n) is 19.7. The quantitative estimate of drug-likeness (QED) is 0.386. The number of H-pyrrole nitrogens is 1. The van der Waals surface area contributed by atoms with Gasteiger partial charge in [-0.1, -0.05) is 57.2 Å². The van der Waals surface area contributed by atoms with Crippen LogP contribution in [0.3, 0.4) is 0 Å². The van der Waals surface area contributed by atoms with Gasteiger partial charge in [0.15, 0.2) is 5.69 Å². The van der Waals surface area contributed by atoms with Gasteiger partial charge in [-0.2, -0.15) is 0 Å². The molecule has 0 radical (unpaired) electrons. The number of aromatic amines is 1. The standard InChI is InChI=1S/C28H30FN3O/c1-19-17-22-13-15-30-25(22)26(31-19)27(33)32(16-14-20-7-11-24(29)12-8-20)18-21-5-9-23(10-6-21)28(2,3)4/h5-13,15,17,30H,14,16,18H2,1-4H3. The Bertz CT molecular complexity index is 1250. The highest BCUT2D eigenvalue weighted by atomic mass is 19.1. The molecule has 0 bridgehead atoms. The highest BCUT2D eigenvalue weighted by Gasteiger charge is 2.22. The van der Waals surface area contributed by atoms with Gasteiger partial charge in [0.1, 0.15) is 5.82 Å². The van der Waals surface area contributed by atoms with Gasteiger partial charge in [-0.05, 0) is 59.7 Å². The van der Waals surface area contributed by atoms with Crippen LogP contribution >= 0.6 is 0 Å². The Morgan fingerprint density at radius 2 is 1.67 bits per heavy atom. The van der Waals surface area contributed by atoms with E-state index in [1.807, 2.05) is 30.2 Å². The first kappa shape index (κ1) is 22.7. The Morgan fingerprint density at radius 1 is 1.00 bits per heavy atom. The van der Waals surface area contributed by atoms with E-state index in [1.54, 1.807) is 12.1 Å². The monoisotopic (exact) mass is 443 g/mol. The van der Waals surface area contributed by atoms with Gasteiger partial charge < -0.3 is 9.88 Å². The molecule has 2 aromatic heterocycles. The molecule has 0 fully saturated rings. The summed E-state index contributed by atoms with van der Waals surface area (Å²) >= 11 is 0. The minimum Gasteiger partial charge on any atom is -0.359 e. The van der Waals surface area contributed by atoms with Crippen molar-refractivity contribution < 1.29 is 9.18 Å². The smallest absolute Gasteiger partial charge is 0.274 e. The molecule has 2 aromatic carbocycles. The van der Waals surface area contributed by atoms with Crippen molar-refractivity contribution in [2.45, 2.75) is 46.1 Å². The maximum absolute atomic E-state index is 13.7. The molecule has 0 saturated carbocycles. The lowest BCUT2D eigenvalue weighted by atomic mass is 9.87. The fourth-order valence-electron chi connectivity index (χ4n) is 4.00. The molecule has 0 spiro atoms. The molecule has 0 atom stereocenters. The van der Waals surface area contributed by atoms with Crippen LogP contribution in [0.25, 0.3) is 10.9 Å². The van der Waals surface area contributed by atoms with E-state index < -0.39 is 0 Å². The predicted octanol–water partition coefficient (Wildman–Crippen LogP) is 6.19. The Balaban J connectivity index is 1.63. The van der Waals surface area contributed by atoms with E-state index in [1.165, 1.54) is 17.7 Å². The Kier molecular flexibility index (Phi) is 6.32. The molecule has 5 heteroatoms. The average molecular weight is 444 g/mol. The molecule has 0 aliphatic heterocycles. The average Bonchev–Trinajstić information content (AvgIpc) is 3.25. The lowest BCUT2D eigenvalue weighted by Crippen LogP contribution is -2.33. The van der Waals surface area contributed by atoms with E-state index in [-0.39, 0.29) is 17.1 Å². The van der Waals surface area contributed by atoms with Crippen molar-refractivity contribution in [1.82, 2.24) is 14.9 Å². The molecule has 1 amide bonds. The number of carbonyl (C=O) groups excluding carboxylic acids is 1. The van der Waals surface area contributed by atoms with Gasteiger partial charge >= 0.3 is 0 Å². The van der Waals surface area contributed by atoms with E-state index in [0.717, 1.165) is 27.7 Å². The molecule has 0 unspecified atom stereocenters. The van der Waals surface area contributed by atoms with Crippen LogP contribution < -0.4 is 0 Å². The summed E-state index contributed by atoms with van der Waals surface area (Å²) in [5, 5.41) is 0.971. The predicted molar refractivity (Wildman–Crippen MR) is 131 cm³/mol. The van der Waals surface area contributed by atoms with Crippen molar-refractivity contribution in [3.8, 4) is 0 Å². The second-order valence-corrected chi connectivity index (χ2v) is 9.60. The van der Waals surface area contributed by atoms with Crippen LogP contribution in [-0.4, -0.2) is 27.3 Å². The Morgan fingerprint density at radius 3 is 2.33 bits per heavy atom. The fourth-order valence-corrected chi connectivity index (χ4v) is 4.00. The van der Waals surface area contributed by atoms with Gasteiger partial charge in [0.25, 0.3) is 5.91 Å². The molecule has 0 saturated heterocycles. The number of pyridine rings is 1. The van der Waals surface area contributed by atoms with Crippen molar-refractivity contribution in [3.05, 3.63) is 101 Å². The molecule has 2 heterocycles. The largest absolute Gasteiger partial charge is 0.359 e. The number of rotatable bonds is 6. The second kappa shape index (κ2) is 9.18. The van der Waals surface area contributed by atoms with E-state index in [2.05, 4.69) is 55.0 Å². The number of benzene rings is 2. The van der Waals surface area contributed by atoms with Gasteiger partial charge in [-0.25, -0.2) is 9.37 Å². The number of nitrogens with one attached hydrogen (secondary N) is 1. The number of aromatic nitrogens is 2. The van der Waals surface area contributed by atoms with Crippen molar-refractivity contribution in [3.63, 3.8) is 0 Å². The fraction of sp³-hybridized carbons (Fsp3) is 0.286. The van der Waals surface area contributed by atoms with Gasteiger partial charge in [-0.15, -0.1) is 0 Å². The number of carbonyl (C=O) groups is 1. The maximum atomic E-state index is 13.7. The molecule has 1 N–H and O–H groups in total. The van der Waals surface area contributed by atoms with Gasteiger partial charge in [0.05, 0.1) is 5.52 Å². The first-order chi connectivity index (χ1) is 15.7. The molecule has 4 nitrogen and oxygen atoms in total. The second-order valence-electron chi connectivity index (χ2n) is 9.60. The summed E-state index contributed by atoms with van der Waals surface area (Å²) < 4.78 is 13.3. The number of nitrogens with zero attached hydrogens (tertiary/aromatic N) is 2. The Hall–Kier alpha value is -3.47. The summed E-state index contributed by atoms with van der Waals surface area (Å²) in [6.07, 6.45) is 2.46. The summed E-state index contributed by atoms with van der Waals surface area (Å²) in [6.45, 7) is 9.44. The minimum atomic E-state index is -0.260. The lowest BCUT2D eigenvalue weighted by Gasteiger charge is -2.24. The van der Waals surface area contributed by atoms with E-state index in [9.17, 15) is 9.18 Å². The van der Waals surface area contributed by atoms with Crippen LogP contribution in [0.5, 0.6) is 0 Å². The normalized spacial score (nSPS) is 11.7. The summed E-state index contributed by atoms with van der Waals surface area (Å²) in [7, 11) is 0. The zero-order valence-corrected chi connectivity index (χ0v) is 19.7. The van der Waals surface area contributed by atoms with Crippen molar-refractivity contribution in [1.29, 1.82) is 0 Å². The summed E-state index contributed by atoms with van der Waals surface area (Å²) in [5.74, 6) is -0.378. The molecule has 4 aromatic rings. The number of fused-ring (bicyclic) bond motifs is 1. The van der Waals surface area contributed by atoms with Gasteiger partial charge in [-0.3, -0.25) is 4.79 Å². The maximum Gasteiger partial charge on any atom is 0.274 e. The number of halogens is 1. The molecule has 4 rings (SSSR count). The van der Waals surface area contributed by atoms with Crippen LogP contribution in [0.1, 0.15) is 53.6 Å². The van der Waals surface area contributed by atoms with Crippen LogP contribution in [-0.2, 0) is 18.4 Å². The number of hydrogen-bond acceptors (Lipinski definition) is 2. The first-order valence-electron chi connectivity index (χ1n) is 11.3. The van der Waals surface area contributed by atoms with E-state index >= 15 is 0 Å². The van der Waals surface area contributed by atoms with Gasteiger partial charge in [0.2, 0.25) is 0 Å². The molecule has 170 valence electrons. The third-order valence-corrected chi connectivity index (χ3v) is 5.94. The zero-order chi connectivity index (χ0) is 23.6. The highest BCUT2D eigenvalue weighted by Crippen LogP contribution is 2.24. The number of aryl methyl sites for hydroxylation is 1. The SMILES string of the molecule is Cc1cc2cc[nH]c2c(C(=O)N(CCc2ccc(F)cc2)Cc2ccc(C(C)(C)C)cc2)n1. The molecule has 33 heavy (non-hydrogen) atoms. The molecule has 0 aliphatic carbocycles. The summed E-state index contributed by atoms with van der Waals surface area (Å²) in [4.78, 5) is 23.3. The van der Waals surface area contributed by atoms with Crippen LogP contribution in [0, 0.1) is 12.7 Å². The lowest BCUT2D eigenvalue weighted by molar-refractivity contribution is 0.0741. The molecular weight excluding hydrogens is 413 g/mol. The molecule has 0 aliphatic rings. The number of amides is 1. The summed E-state index contributed by atoms with van der Waals surface area (Å²) in [6, 6.07) is 18.8. The minimum absolute atomic E-state index is 0.0708. The van der Waals surface area contributed by atoms with Crippen molar-refractivity contribution in [2.75, 3.05) is 6.54 Å². The van der Waals surface area contributed by atoms with Crippen LogP contribution in [0.2, 0.25) is 0 Å². The van der Waals surface area contributed by atoms with Crippen LogP contribution in [0.15, 0.2) is 66.9 Å². The number of hydrogen-bond donors (Lipinski definition) is 1. The third kappa shape index (κ3) is 5.30. The summed E-state index contributed by atoms with van der Waals surface area (Å²) in [5.41, 5.74) is 5.36. The third-order valence-electron chi connectivity index (χ3n) is 5.94. The highest BCUT2D eigenvalue weighted by molar-refractivity contribution is 6.04.